The lowest BCUT2D eigenvalue weighted by atomic mass is 10.1. The van der Waals surface area contributed by atoms with Crippen molar-refractivity contribution < 1.29 is 13.9 Å². The predicted octanol–water partition coefficient (Wildman–Crippen LogP) is 4.01. The smallest absolute Gasteiger partial charge is 0.289 e. The molecule has 1 amide bonds. The number of carbonyl (C=O) groups excluding carboxylic acids is 1. The van der Waals surface area contributed by atoms with Gasteiger partial charge >= 0.3 is 0 Å². The second-order valence-corrected chi connectivity index (χ2v) is 7.58. The summed E-state index contributed by atoms with van der Waals surface area (Å²) in [5, 5.41) is 3.44. The Bertz CT molecular complexity index is 1030. The van der Waals surface area contributed by atoms with Crippen molar-refractivity contribution >= 4 is 35.8 Å². The van der Waals surface area contributed by atoms with Crippen LogP contribution in [0.25, 0.3) is 0 Å². The van der Waals surface area contributed by atoms with Gasteiger partial charge in [0.2, 0.25) is 0 Å². The summed E-state index contributed by atoms with van der Waals surface area (Å²) < 4.78 is 11.1. The number of aliphatic imine (C=N–C) groups is 1. The van der Waals surface area contributed by atoms with Crippen molar-refractivity contribution in [3.8, 4) is 5.75 Å². The highest BCUT2D eigenvalue weighted by atomic mass is 127. The molecule has 33 heavy (non-hydrogen) atoms. The number of furan rings is 1. The van der Waals surface area contributed by atoms with Gasteiger partial charge in [-0.2, -0.15) is 0 Å². The molecule has 0 aliphatic carbocycles. The van der Waals surface area contributed by atoms with E-state index in [0.29, 0.717) is 32.0 Å². The van der Waals surface area contributed by atoms with E-state index in [-0.39, 0.29) is 29.9 Å². The molecule has 0 atom stereocenters. The number of piperazine rings is 1. The van der Waals surface area contributed by atoms with Gasteiger partial charge in [-0.15, -0.1) is 24.0 Å². The van der Waals surface area contributed by atoms with E-state index in [1.54, 1.807) is 19.2 Å². The molecule has 1 aromatic heterocycles. The number of benzene rings is 2. The molecule has 3 aromatic rings. The second-order valence-electron chi connectivity index (χ2n) is 7.58. The molecule has 0 saturated carbocycles. The molecule has 2 aromatic carbocycles. The Kier molecular flexibility index (Phi) is 9.17. The molecule has 0 radical (unpaired) electrons. The summed E-state index contributed by atoms with van der Waals surface area (Å²) in [5.41, 5.74) is 2.28. The highest BCUT2D eigenvalue weighted by molar-refractivity contribution is 14.0. The molecular weight excluding hydrogens is 531 g/mol. The van der Waals surface area contributed by atoms with Crippen molar-refractivity contribution in [2.24, 2.45) is 4.99 Å². The van der Waals surface area contributed by atoms with E-state index in [2.05, 4.69) is 33.4 Å². The van der Waals surface area contributed by atoms with Gasteiger partial charge in [0, 0.05) is 39.8 Å². The van der Waals surface area contributed by atoms with Gasteiger partial charge in [-0.25, -0.2) is 0 Å². The van der Waals surface area contributed by atoms with Crippen molar-refractivity contribution in [1.29, 1.82) is 0 Å². The SMILES string of the molecule is CN=C(NCc1cccc(COc2ccccc2)c1)N1CCN(C(=O)c2ccco2)CC1.I. The zero-order chi connectivity index (χ0) is 22.2. The van der Waals surface area contributed by atoms with Gasteiger partial charge in [-0.3, -0.25) is 9.79 Å². The maximum atomic E-state index is 12.5. The Balaban J connectivity index is 0.00000306. The van der Waals surface area contributed by atoms with Gasteiger partial charge in [-0.05, 0) is 35.4 Å². The van der Waals surface area contributed by atoms with E-state index >= 15 is 0 Å². The molecule has 1 fully saturated rings. The molecule has 1 N–H and O–H groups in total. The highest BCUT2D eigenvalue weighted by Gasteiger charge is 2.25. The zero-order valence-corrected chi connectivity index (χ0v) is 21.0. The number of halogens is 1. The fourth-order valence-corrected chi connectivity index (χ4v) is 3.70. The van der Waals surface area contributed by atoms with E-state index < -0.39 is 0 Å². The van der Waals surface area contributed by atoms with Crippen LogP contribution in [0.15, 0.2) is 82.4 Å². The summed E-state index contributed by atoms with van der Waals surface area (Å²) in [5.74, 6) is 2.02. The van der Waals surface area contributed by atoms with E-state index in [1.165, 1.54) is 6.26 Å². The molecule has 1 saturated heterocycles. The number of hydrogen-bond acceptors (Lipinski definition) is 4. The number of nitrogens with one attached hydrogen (secondary N) is 1. The maximum Gasteiger partial charge on any atom is 0.289 e. The molecule has 0 spiro atoms. The monoisotopic (exact) mass is 560 g/mol. The van der Waals surface area contributed by atoms with Crippen LogP contribution in [0.3, 0.4) is 0 Å². The number of hydrogen-bond donors (Lipinski definition) is 1. The van der Waals surface area contributed by atoms with Crippen LogP contribution in [0.2, 0.25) is 0 Å². The number of guanidine groups is 1. The first kappa shape index (κ1) is 24.6. The Labute approximate surface area is 211 Å². The molecule has 7 nitrogen and oxygen atoms in total. The first-order chi connectivity index (χ1) is 15.7. The van der Waals surface area contributed by atoms with Gasteiger partial charge < -0.3 is 24.3 Å². The topological polar surface area (TPSA) is 70.3 Å². The predicted molar refractivity (Wildman–Crippen MR) is 139 cm³/mol. The zero-order valence-electron chi connectivity index (χ0n) is 18.6. The minimum atomic E-state index is -0.0628. The van der Waals surface area contributed by atoms with Crippen LogP contribution in [-0.2, 0) is 13.2 Å². The third kappa shape index (κ3) is 6.74. The van der Waals surface area contributed by atoms with Crippen molar-refractivity contribution in [1.82, 2.24) is 15.1 Å². The molecule has 1 aliphatic heterocycles. The summed E-state index contributed by atoms with van der Waals surface area (Å²) >= 11 is 0. The largest absolute Gasteiger partial charge is 0.489 e. The number of nitrogens with zero attached hydrogens (tertiary/aromatic N) is 3. The van der Waals surface area contributed by atoms with Crippen LogP contribution < -0.4 is 10.1 Å². The number of para-hydroxylation sites is 1. The summed E-state index contributed by atoms with van der Waals surface area (Å²) in [6.07, 6.45) is 1.53. The lowest BCUT2D eigenvalue weighted by Crippen LogP contribution is -2.53. The summed E-state index contributed by atoms with van der Waals surface area (Å²) in [7, 11) is 1.78. The van der Waals surface area contributed by atoms with Crippen molar-refractivity contribution in [3.63, 3.8) is 0 Å². The van der Waals surface area contributed by atoms with Crippen molar-refractivity contribution in [2.75, 3.05) is 33.2 Å². The van der Waals surface area contributed by atoms with Crippen LogP contribution >= 0.6 is 24.0 Å². The van der Waals surface area contributed by atoms with Crippen LogP contribution in [-0.4, -0.2) is 54.9 Å². The first-order valence-electron chi connectivity index (χ1n) is 10.8. The van der Waals surface area contributed by atoms with Crippen molar-refractivity contribution in [2.45, 2.75) is 13.2 Å². The number of ether oxygens (including phenoxy) is 1. The second kappa shape index (κ2) is 12.3. The normalized spacial score (nSPS) is 13.9. The molecule has 8 heteroatoms. The van der Waals surface area contributed by atoms with E-state index in [9.17, 15) is 4.79 Å². The van der Waals surface area contributed by atoms with Crippen LogP contribution in [0.1, 0.15) is 21.7 Å². The Morgan fingerprint density at radius 1 is 0.970 bits per heavy atom. The standard InChI is InChI=1S/C25H28N4O3.HI/c1-26-25(29-14-12-28(13-15-29)24(30)23-11-6-16-31-23)27-18-20-7-5-8-21(17-20)19-32-22-9-3-2-4-10-22;/h2-11,16-17H,12-15,18-19H2,1H3,(H,26,27);1H. The van der Waals surface area contributed by atoms with Gasteiger partial charge in [0.25, 0.3) is 5.91 Å². The number of rotatable bonds is 6. The number of amides is 1. The van der Waals surface area contributed by atoms with Crippen molar-refractivity contribution in [3.05, 3.63) is 89.9 Å². The Morgan fingerprint density at radius 2 is 1.70 bits per heavy atom. The Hall–Kier alpha value is -3.01. The fourth-order valence-electron chi connectivity index (χ4n) is 3.70. The lowest BCUT2D eigenvalue weighted by molar-refractivity contribution is 0.0657. The molecule has 174 valence electrons. The van der Waals surface area contributed by atoms with Gasteiger partial charge in [-0.1, -0.05) is 42.5 Å². The fraction of sp³-hybridized carbons (Fsp3) is 0.280. The van der Waals surface area contributed by atoms with Gasteiger partial charge in [0.05, 0.1) is 6.26 Å². The number of carbonyl (C=O) groups is 1. The third-order valence-electron chi connectivity index (χ3n) is 5.40. The molecular formula is C25H29IN4O3. The van der Waals surface area contributed by atoms with Crippen LogP contribution in [0.4, 0.5) is 0 Å². The minimum Gasteiger partial charge on any atom is -0.489 e. The summed E-state index contributed by atoms with van der Waals surface area (Å²) in [6, 6.07) is 21.6. The molecule has 0 unspecified atom stereocenters. The van der Waals surface area contributed by atoms with Crippen LogP contribution in [0, 0.1) is 0 Å². The first-order valence-corrected chi connectivity index (χ1v) is 10.8. The molecule has 0 bridgehead atoms. The van der Waals surface area contributed by atoms with E-state index in [4.69, 9.17) is 9.15 Å². The average molecular weight is 560 g/mol. The molecule has 4 rings (SSSR count). The Morgan fingerprint density at radius 3 is 2.39 bits per heavy atom. The highest BCUT2D eigenvalue weighted by Crippen LogP contribution is 2.13. The maximum absolute atomic E-state index is 12.5. The van der Waals surface area contributed by atoms with E-state index in [0.717, 1.165) is 35.9 Å². The summed E-state index contributed by atoms with van der Waals surface area (Å²) in [6.45, 7) is 3.89. The molecule has 2 heterocycles. The third-order valence-corrected chi connectivity index (χ3v) is 5.40. The molecule has 1 aliphatic rings. The minimum absolute atomic E-state index is 0. The van der Waals surface area contributed by atoms with E-state index in [1.807, 2.05) is 41.3 Å². The summed E-state index contributed by atoms with van der Waals surface area (Å²) in [4.78, 5) is 20.9. The van der Waals surface area contributed by atoms with Gasteiger partial charge in [0.15, 0.2) is 11.7 Å². The quantitative estimate of drug-likeness (QED) is 0.281. The van der Waals surface area contributed by atoms with Crippen LogP contribution in [0.5, 0.6) is 5.75 Å². The lowest BCUT2D eigenvalue weighted by Gasteiger charge is -2.36. The van der Waals surface area contributed by atoms with Gasteiger partial charge in [0.1, 0.15) is 12.4 Å². The average Bonchev–Trinajstić information content (AvgIpc) is 3.39.